The van der Waals surface area contributed by atoms with Crippen LogP contribution in [0.2, 0.25) is 5.02 Å². The molecule has 3 rings (SSSR count). The molecule has 1 aliphatic rings. The zero-order valence-electron chi connectivity index (χ0n) is 9.68. The van der Waals surface area contributed by atoms with Gasteiger partial charge in [0.2, 0.25) is 5.91 Å². The molecule has 0 aliphatic carbocycles. The van der Waals surface area contributed by atoms with E-state index in [1.807, 2.05) is 0 Å². The van der Waals surface area contributed by atoms with Crippen LogP contribution < -0.4 is 11.1 Å². The van der Waals surface area contributed by atoms with Gasteiger partial charge < -0.3 is 5.73 Å². The monoisotopic (exact) mass is 276 g/mol. The zero-order valence-corrected chi connectivity index (χ0v) is 10.4. The molecule has 2 amide bonds. The lowest BCUT2D eigenvalue weighted by Gasteiger charge is -2.09. The normalized spacial score (nSPS) is 14.2. The highest BCUT2D eigenvalue weighted by Crippen LogP contribution is 2.25. The summed E-state index contributed by atoms with van der Waals surface area (Å²) in [6.45, 7) is 0. The van der Waals surface area contributed by atoms with E-state index < -0.39 is 5.91 Å². The first-order valence-corrected chi connectivity index (χ1v) is 5.91. The first-order valence-electron chi connectivity index (χ1n) is 5.54. The molecule has 0 unspecified atom stereocenters. The first-order chi connectivity index (χ1) is 9.06. The number of hydrogen-bond donors (Lipinski definition) is 2. The van der Waals surface area contributed by atoms with Crippen molar-refractivity contribution in [3.63, 3.8) is 0 Å². The van der Waals surface area contributed by atoms with E-state index in [0.29, 0.717) is 16.4 Å². The molecular weight excluding hydrogens is 268 g/mol. The van der Waals surface area contributed by atoms with E-state index in [1.54, 1.807) is 24.3 Å². The van der Waals surface area contributed by atoms with Crippen molar-refractivity contribution in [1.82, 2.24) is 15.1 Å². The molecule has 2 heterocycles. The molecule has 96 valence electrons. The number of anilines is 1. The Hall–Kier alpha value is -2.34. The Morgan fingerprint density at radius 1 is 1.37 bits per heavy atom. The Morgan fingerprint density at radius 3 is 2.89 bits per heavy atom. The van der Waals surface area contributed by atoms with Gasteiger partial charge in [0.05, 0.1) is 17.8 Å². The highest BCUT2D eigenvalue weighted by Gasteiger charge is 2.29. The molecule has 7 heteroatoms. The topological polar surface area (TPSA) is 90.0 Å². The SMILES string of the molecule is Nc1c2c(nn1-c1cccc(Cl)c1)CC(=O)NC2=O. The van der Waals surface area contributed by atoms with Crippen LogP contribution in [0.1, 0.15) is 16.1 Å². The summed E-state index contributed by atoms with van der Waals surface area (Å²) in [5.74, 6) is -0.701. The van der Waals surface area contributed by atoms with Crippen LogP contribution in [0, 0.1) is 0 Å². The smallest absolute Gasteiger partial charge is 0.263 e. The van der Waals surface area contributed by atoms with Crippen LogP contribution in [0.4, 0.5) is 5.82 Å². The third kappa shape index (κ3) is 1.86. The van der Waals surface area contributed by atoms with Crippen molar-refractivity contribution in [2.45, 2.75) is 6.42 Å². The maximum Gasteiger partial charge on any atom is 0.263 e. The Balaban J connectivity index is 2.17. The average molecular weight is 277 g/mol. The number of rotatable bonds is 1. The van der Waals surface area contributed by atoms with Gasteiger partial charge in [-0.2, -0.15) is 5.10 Å². The van der Waals surface area contributed by atoms with E-state index >= 15 is 0 Å². The van der Waals surface area contributed by atoms with Gasteiger partial charge in [-0.15, -0.1) is 0 Å². The summed E-state index contributed by atoms with van der Waals surface area (Å²) < 4.78 is 1.41. The summed E-state index contributed by atoms with van der Waals surface area (Å²) >= 11 is 5.91. The molecule has 3 N–H and O–H groups in total. The molecule has 1 aromatic heterocycles. The van der Waals surface area contributed by atoms with Gasteiger partial charge in [0.1, 0.15) is 11.4 Å². The molecule has 1 aliphatic heterocycles. The number of nitrogens with one attached hydrogen (secondary N) is 1. The van der Waals surface area contributed by atoms with Crippen LogP contribution in [0.15, 0.2) is 24.3 Å². The third-order valence-corrected chi connectivity index (χ3v) is 3.09. The van der Waals surface area contributed by atoms with Crippen LogP contribution in [-0.2, 0) is 11.2 Å². The van der Waals surface area contributed by atoms with Gasteiger partial charge in [0.25, 0.3) is 5.91 Å². The molecule has 0 saturated carbocycles. The van der Waals surface area contributed by atoms with Crippen molar-refractivity contribution in [3.05, 3.63) is 40.5 Å². The quantitative estimate of drug-likeness (QED) is 0.758. The largest absolute Gasteiger partial charge is 0.383 e. The minimum Gasteiger partial charge on any atom is -0.383 e. The van der Waals surface area contributed by atoms with Crippen molar-refractivity contribution in [2.75, 3.05) is 5.73 Å². The van der Waals surface area contributed by atoms with Crippen molar-refractivity contribution in [3.8, 4) is 5.69 Å². The second kappa shape index (κ2) is 4.10. The number of benzene rings is 1. The number of nitrogens with zero attached hydrogens (tertiary/aromatic N) is 2. The number of halogens is 1. The number of aromatic nitrogens is 2. The fourth-order valence-electron chi connectivity index (χ4n) is 2.04. The summed E-state index contributed by atoms with van der Waals surface area (Å²) in [7, 11) is 0. The summed E-state index contributed by atoms with van der Waals surface area (Å²) in [6, 6.07) is 6.92. The number of nitrogens with two attached hydrogens (primary N) is 1. The summed E-state index contributed by atoms with van der Waals surface area (Å²) in [5, 5.41) is 6.96. The van der Waals surface area contributed by atoms with Gasteiger partial charge in [-0.3, -0.25) is 14.9 Å². The Kier molecular flexibility index (Phi) is 2.53. The predicted molar refractivity (Wildman–Crippen MR) is 69.2 cm³/mol. The van der Waals surface area contributed by atoms with Crippen molar-refractivity contribution in [1.29, 1.82) is 0 Å². The van der Waals surface area contributed by atoms with E-state index in [4.69, 9.17) is 17.3 Å². The fraction of sp³-hybridized carbons (Fsp3) is 0.0833. The highest BCUT2D eigenvalue weighted by atomic mass is 35.5. The second-order valence-electron chi connectivity index (χ2n) is 4.15. The number of hydrogen-bond acceptors (Lipinski definition) is 4. The Morgan fingerprint density at radius 2 is 2.16 bits per heavy atom. The third-order valence-electron chi connectivity index (χ3n) is 2.85. The van der Waals surface area contributed by atoms with E-state index in [0.717, 1.165) is 0 Å². The lowest BCUT2D eigenvalue weighted by molar-refractivity contribution is -0.119. The van der Waals surface area contributed by atoms with Crippen LogP contribution in [0.25, 0.3) is 5.69 Å². The van der Waals surface area contributed by atoms with E-state index in [1.165, 1.54) is 4.68 Å². The Bertz CT molecular complexity index is 708. The molecule has 0 fully saturated rings. The molecule has 0 saturated heterocycles. The average Bonchev–Trinajstić information content (AvgIpc) is 2.66. The standard InChI is InChI=1S/C12H9ClN4O2/c13-6-2-1-3-7(4-6)17-11(14)10-8(16-17)5-9(18)15-12(10)19/h1-4H,5,14H2,(H,15,18,19). The van der Waals surface area contributed by atoms with Crippen LogP contribution in [0.5, 0.6) is 0 Å². The van der Waals surface area contributed by atoms with Crippen molar-refractivity contribution >= 4 is 29.2 Å². The molecule has 19 heavy (non-hydrogen) atoms. The van der Waals surface area contributed by atoms with Crippen LogP contribution in [-0.4, -0.2) is 21.6 Å². The molecule has 2 aromatic rings. The van der Waals surface area contributed by atoms with Gasteiger partial charge >= 0.3 is 0 Å². The Labute approximate surface area is 113 Å². The van der Waals surface area contributed by atoms with Gasteiger partial charge in [0, 0.05) is 5.02 Å². The van der Waals surface area contributed by atoms with Crippen LogP contribution in [0.3, 0.4) is 0 Å². The van der Waals surface area contributed by atoms with Gasteiger partial charge in [-0.1, -0.05) is 17.7 Å². The van der Waals surface area contributed by atoms with E-state index in [-0.39, 0.29) is 23.7 Å². The number of nitrogen functional groups attached to an aromatic ring is 1. The molecule has 0 radical (unpaired) electrons. The van der Waals surface area contributed by atoms with Crippen molar-refractivity contribution in [2.24, 2.45) is 0 Å². The molecular formula is C12H9ClN4O2. The summed E-state index contributed by atoms with van der Waals surface area (Å²) in [6.07, 6.45) is 0.0405. The summed E-state index contributed by atoms with van der Waals surface area (Å²) in [5.41, 5.74) is 7.20. The van der Waals surface area contributed by atoms with E-state index in [2.05, 4.69) is 10.4 Å². The second-order valence-corrected chi connectivity index (χ2v) is 4.59. The predicted octanol–water partition coefficient (Wildman–Crippen LogP) is 0.920. The number of fused-ring (bicyclic) bond motifs is 1. The van der Waals surface area contributed by atoms with Gasteiger partial charge in [0.15, 0.2) is 0 Å². The fourth-order valence-corrected chi connectivity index (χ4v) is 2.22. The minimum atomic E-state index is -0.517. The maximum absolute atomic E-state index is 11.7. The molecule has 0 bridgehead atoms. The lowest BCUT2D eigenvalue weighted by Crippen LogP contribution is -2.37. The number of carbonyl (C=O) groups excluding carboxylic acids is 2. The molecule has 0 spiro atoms. The first kappa shape index (κ1) is 11.7. The number of imide groups is 1. The van der Waals surface area contributed by atoms with E-state index in [9.17, 15) is 9.59 Å². The molecule has 6 nitrogen and oxygen atoms in total. The van der Waals surface area contributed by atoms with Crippen LogP contribution >= 0.6 is 11.6 Å². The summed E-state index contributed by atoms with van der Waals surface area (Å²) in [4.78, 5) is 23.0. The lowest BCUT2D eigenvalue weighted by atomic mass is 10.1. The highest BCUT2D eigenvalue weighted by molar-refractivity contribution is 6.30. The molecule has 1 aromatic carbocycles. The number of amides is 2. The molecule has 0 atom stereocenters. The van der Waals surface area contributed by atoms with Crippen molar-refractivity contribution < 1.29 is 9.59 Å². The number of carbonyl (C=O) groups is 2. The van der Waals surface area contributed by atoms with Gasteiger partial charge in [-0.05, 0) is 18.2 Å². The zero-order chi connectivity index (χ0) is 13.6. The van der Waals surface area contributed by atoms with Gasteiger partial charge in [-0.25, -0.2) is 4.68 Å². The maximum atomic E-state index is 11.7. The minimum absolute atomic E-state index is 0.0405.